The Morgan fingerprint density at radius 3 is 2.42 bits per heavy atom. The van der Waals surface area contributed by atoms with Crippen LogP contribution in [0, 0.1) is 0 Å². The van der Waals surface area contributed by atoms with Gasteiger partial charge in [0.1, 0.15) is 24.0 Å². The van der Waals surface area contributed by atoms with Gasteiger partial charge in [0.05, 0.1) is 19.5 Å². The summed E-state index contributed by atoms with van der Waals surface area (Å²) in [6.07, 6.45) is 4.15. The van der Waals surface area contributed by atoms with Gasteiger partial charge in [0, 0.05) is 36.8 Å². The Kier molecular flexibility index (Phi) is 13.0. The minimum Gasteiger partial charge on any atom is -0.493 e. The molecule has 8 nitrogen and oxygen atoms in total. The molecule has 0 bridgehead atoms. The van der Waals surface area contributed by atoms with Gasteiger partial charge in [-0.1, -0.05) is 42.5 Å². The first-order chi connectivity index (χ1) is 17.5. The Bertz CT molecular complexity index is 1020. The highest BCUT2D eigenvalue weighted by Gasteiger charge is 2.17. The zero-order valence-electron chi connectivity index (χ0n) is 20.8. The van der Waals surface area contributed by atoms with Crippen LogP contribution in [-0.2, 0) is 9.53 Å². The van der Waals surface area contributed by atoms with Crippen LogP contribution in [0.25, 0.3) is 11.3 Å². The van der Waals surface area contributed by atoms with Crippen LogP contribution < -0.4 is 4.74 Å². The lowest BCUT2D eigenvalue weighted by Gasteiger charge is -2.25. The maximum absolute atomic E-state index is 10.4. The molecular formula is C28H35NO7. The molecule has 0 radical (unpaired) electrons. The Morgan fingerprint density at radius 1 is 1.03 bits per heavy atom. The minimum atomic E-state index is -0.765. The molecule has 1 heterocycles. The summed E-state index contributed by atoms with van der Waals surface area (Å²) in [5, 5.41) is 19.0. The topological polar surface area (TPSA) is 109 Å². The third-order valence-electron chi connectivity index (χ3n) is 5.41. The Hall–Kier alpha value is -3.46. The third-order valence-corrected chi connectivity index (χ3v) is 5.41. The zero-order chi connectivity index (χ0) is 26.2. The van der Waals surface area contributed by atoms with Gasteiger partial charge in [-0.2, -0.15) is 0 Å². The van der Waals surface area contributed by atoms with Gasteiger partial charge in [0.25, 0.3) is 0 Å². The first-order valence-electron chi connectivity index (χ1n) is 11.9. The van der Waals surface area contributed by atoms with Crippen molar-refractivity contribution < 1.29 is 33.7 Å². The van der Waals surface area contributed by atoms with E-state index in [-0.39, 0.29) is 6.42 Å². The molecule has 1 unspecified atom stereocenters. The molecule has 3 rings (SSSR count). The molecule has 8 heteroatoms. The van der Waals surface area contributed by atoms with E-state index in [1.165, 1.54) is 0 Å². The van der Waals surface area contributed by atoms with Crippen LogP contribution in [0.5, 0.6) is 5.75 Å². The van der Waals surface area contributed by atoms with Crippen molar-refractivity contribution in [3.8, 4) is 17.1 Å². The molecule has 2 N–H and O–H groups in total. The van der Waals surface area contributed by atoms with Crippen molar-refractivity contribution in [2.24, 2.45) is 0 Å². The highest BCUT2D eigenvalue weighted by molar-refractivity contribution is 5.76. The molecule has 3 aromatic rings. The number of para-hydroxylation sites is 1. The lowest BCUT2D eigenvalue weighted by Crippen LogP contribution is -2.28. The molecule has 1 aromatic heterocycles. The summed E-state index contributed by atoms with van der Waals surface area (Å²) in [6.45, 7) is 1.66. The fourth-order valence-electron chi connectivity index (χ4n) is 3.33. The van der Waals surface area contributed by atoms with Gasteiger partial charge in [-0.3, -0.25) is 14.5 Å². The molecule has 194 valence electrons. The van der Waals surface area contributed by atoms with Gasteiger partial charge in [0.2, 0.25) is 0 Å². The number of benzene rings is 2. The Morgan fingerprint density at radius 2 is 1.78 bits per heavy atom. The highest BCUT2D eigenvalue weighted by Crippen LogP contribution is 2.27. The number of aliphatic hydroxyl groups excluding tert-OH is 1. The van der Waals surface area contributed by atoms with Crippen molar-refractivity contribution in [1.82, 2.24) is 4.90 Å². The van der Waals surface area contributed by atoms with E-state index in [0.717, 1.165) is 36.0 Å². The third kappa shape index (κ3) is 10.0. The fraction of sp³-hybridized carbons (Fsp3) is 0.357. The van der Waals surface area contributed by atoms with Crippen LogP contribution in [0.1, 0.15) is 47.8 Å². The Balaban J connectivity index is 0.000000293. The summed E-state index contributed by atoms with van der Waals surface area (Å²) in [7, 11) is 3.45. The molecule has 0 aliphatic heterocycles. The number of methoxy groups -OCH3 is 1. The van der Waals surface area contributed by atoms with Crippen molar-refractivity contribution in [2.45, 2.75) is 31.9 Å². The summed E-state index contributed by atoms with van der Waals surface area (Å²) < 4.78 is 16.0. The number of ether oxygens (including phenoxy) is 2. The molecule has 1 atom stereocenters. The van der Waals surface area contributed by atoms with E-state index in [4.69, 9.17) is 19.0 Å². The molecule has 0 fully saturated rings. The van der Waals surface area contributed by atoms with Crippen LogP contribution >= 0.6 is 0 Å². The second-order valence-corrected chi connectivity index (χ2v) is 8.15. The number of unbranched alkanes of at least 4 members (excludes halogenated alkanes) is 2. The average Bonchev–Trinajstić information content (AvgIpc) is 3.44. The smallest absolute Gasteiger partial charge is 0.303 e. The van der Waals surface area contributed by atoms with Gasteiger partial charge in [0.15, 0.2) is 0 Å². The number of hydrogen-bond donors (Lipinski definition) is 2. The number of carboxylic acid groups (broad SMARTS) is 1. The van der Waals surface area contributed by atoms with E-state index in [2.05, 4.69) is 0 Å². The monoisotopic (exact) mass is 497 g/mol. The largest absolute Gasteiger partial charge is 0.493 e. The second-order valence-electron chi connectivity index (χ2n) is 8.15. The summed E-state index contributed by atoms with van der Waals surface area (Å²) in [4.78, 5) is 22.6. The van der Waals surface area contributed by atoms with Gasteiger partial charge >= 0.3 is 5.97 Å². The number of carboxylic acids is 1. The predicted octanol–water partition coefficient (Wildman–Crippen LogP) is 5.04. The van der Waals surface area contributed by atoms with Crippen LogP contribution in [0.3, 0.4) is 0 Å². The number of hydrogen-bond acceptors (Lipinski definition) is 7. The molecule has 0 aliphatic carbocycles. The maximum atomic E-state index is 10.4. The van der Waals surface area contributed by atoms with Gasteiger partial charge < -0.3 is 24.1 Å². The second kappa shape index (κ2) is 16.3. The average molecular weight is 498 g/mol. The van der Waals surface area contributed by atoms with E-state index >= 15 is 0 Å². The number of furan rings is 1. The standard InChI is InChI=1S/C17H27NO5.C11H8O2/c1-18(11-13-22-2)17(21)14-8-5-6-9-15(14)23-12-7-3-4-10-16(19)20;12-8-9-3-5-10(6-4-9)11-2-1-7-13-11/h5-6,8-9,17,21H,3-4,7,10-13H2,1-2H3,(H,19,20);1-8H. The van der Waals surface area contributed by atoms with Crippen molar-refractivity contribution >= 4 is 12.3 Å². The fourth-order valence-corrected chi connectivity index (χ4v) is 3.33. The van der Waals surface area contributed by atoms with Crippen LogP contribution in [0.4, 0.5) is 0 Å². The minimum absolute atomic E-state index is 0.194. The van der Waals surface area contributed by atoms with Gasteiger partial charge in [-0.05, 0) is 44.5 Å². The normalized spacial score (nSPS) is 11.4. The number of aliphatic carboxylic acids is 1. The van der Waals surface area contributed by atoms with Crippen LogP contribution in [0.2, 0.25) is 0 Å². The first-order valence-corrected chi connectivity index (χ1v) is 11.9. The lowest BCUT2D eigenvalue weighted by molar-refractivity contribution is -0.137. The molecule has 0 saturated heterocycles. The predicted molar refractivity (Wildman–Crippen MR) is 137 cm³/mol. The molecule has 0 saturated carbocycles. The number of aliphatic hydroxyl groups is 1. The van der Waals surface area contributed by atoms with Crippen LogP contribution in [0.15, 0.2) is 71.3 Å². The van der Waals surface area contributed by atoms with Crippen molar-refractivity contribution in [3.05, 3.63) is 78.1 Å². The molecule has 0 amide bonds. The van der Waals surface area contributed by atoms with E-state index in [0.29, 0.717) is 37.5 Å². The summed E-state index contributed by atoms with van der Waals surface area (Å²) in [5.74, 6) is 0.707. The molecule has 2 aromatic carbocycles. The lowest BCUT2D eigenvalue weighted by atomic mass is 10.1. The van der Waals surface area contributed by atoms with E-state index in [9.17, 15) is 14.7 Å². The Labute approximate surface area is 212 Å². The highest BCUT2D eigenvalue weighted by atomic mass is 16.5. The summed E-state index contributed by atoms with van der Waals surface area (Å²) in [5.41, 5.74) is 2.38. The maximum Gasteiger partial charge on any atom is 0.303 e. The van der Waals surface area contributed by atoms with Crippen molar-refractivity contribution in [3.63, 3.8) is 0 Å². The van der Waals surface area contributed by atoms with Crippen LogP contribution in [-0.4, -0.2) is 61.3 Å². The summed E-state index contributed by atoms with van der Waals surface area (Å²) >= 11 is 0. The number of likely N-dealkylation sites (N-methyl/N-ethyl adjacent to an activating group) is 1. The number of carbonyl (C=O) groups is 2. The van der Waals surface area contributed by atoms with E-state index in [1.807, 2.05) is 55.6 Å². The molecule has 36 heavy (non-hydrogen) atoms. The first kappa shape index (κ1) is 28.8. The molecular weight excluding hydrogens is 462 g/mol. The number of rotatable bonds is 14. The molecule has 0 aliphatic rings. The van der Waals surface area contributed by atoms with E-state index < -0.39 is 12.2 Å². The zero-order valence-corrected chi connectivity index (χ0v) is 20.8. The van der Waals surface area contributed by atoms with Gasteiger partial charge in [-0.25, -0.2) is 0 Å². The number of carbonyl (C=O) groups excluding carboxylic acids is 1. The van der Waals surface area contributed by atoms with Gasteiger partial charge in [-0.15, -0.1) is 0 Å². The summed E-state index contributed by atoms with van der Waals surface area (Å²) in [6, 6.07) is 18.4. The van der Waals surface area contributed by atoms with Crippen molar-refractivity contribution in [2.75, 3.05) is 33.9 Å². The number of nitrogens with zero attached hydrogens (tertiary/aromatic N) is 1. The quantitative estimate of drug-likeness (QED) is 0.181. The number of aldehydes is 1. The SMILES string of the molecule is COCCN(C)C(O)c1ccccc1OCCCCCC(=O)O.O=Cc1ccc(-c2ccco2)cc1. The van der Waals surface area contributed by atoms with E-state index in [1.54, 1.807) is 30.4 Å². The van der Waals surface area contributed by atoms with Crippen molar-refractivity contribution in [1.29, 1.82) is 0 Å². The molecule has 0 spiro atoms.